The molecule has 35 heavy (non-hydrogen) atoms. The number of allylic oxidation sites excluding steroid dienone is 2. The second kappa shape index (κ2) is 11.4. The zero-order chi connectivity index (χ0) is 24.1. The minimum atomic E-state index is -0.223. The van der Waals surface area contributed by atoms with Crippen LogP contribution >= 0.6 is 0 Å². The maximum atomic E-state index is 10.4. The van der Waals surface area contributed by atoms with Crippen LogP contribution in [0.1, 0.15) is 36.1 Å². The van der Waals surface area contributed by atoms with E-state index in [-0.39, 0.29) is 28.1 Å². The van der Waals surface area contributed by atoms with Crippen LogP contribution in [-0.4, -0.2) is 30.9 Å². The molecule has 183 valence electrons. The Hall–Kier alpha value is -3.35. The zero-order valence-electron chi connectivity index (χ0n) is 20.5. The van der Waals surface area contributed by atoms with Gasteiger partial charge in [-0.2, -0.15) is 5.10 Å². The molecule has 5 nitrogen and oxygen atoms in total. The summed E-state index contributed by atoms with van der Waals surface area (Å²) in [6.45, 7) is 7.44. The summed E-state index contributed by atoms with van der Waals surface area (Å²) in [7, 11) is 1.56. The average Bonchev–Trinajstić information content (AvgIpc) is 3.08. The molecule has 6 heteroatoms. The topological polar surface area (TPSA) is 57.4 Å². The normalized spacial score (nSPS) is 18.6. The van der Waals surface area contributed by atoms with Crippen molar-refractivity contribution in [2.45, 2.75) is 32.6 Å². The summed E-state index contributed by atoms with van der Waals surface area (Å²) < 4.78 is 5.30. The third-order valence-corrected chi connectivity index (χ3v) is 6.41. The number of benzene rings is 3. The van der Waals surface area contributed by atoms with Gasteiger partial charge in [0.1, 0.15) is 5.75 Å². The summed E-state index contributed by atoms with van der Waals surface area (Å²) in [5.74, 6) is 0.364. The molecule has 0 bridgehead atoms. The third kappa shape index (κ3) is 5.34. The van der Waals surface area contributed by atoms with Gasteiger partial charge in [0.05, 0.1) is 18.9 Å². The van der Waals surface area contributed by atoms with Crippen molar-refractivity contribution < 1.29 is 26.6 Å². The molecular formula is C29H31CoN3O2. The standard InChI is InChI=1S/C29H31N3O2.Co/c1-5-32-25-16-15-21(2)19-24(25)29(3,20-22-11-7-6-8-12-22)27(32)17-18-30-31-28(33)23-13-9-10-14-26(23)34-4;/h6-19H,5,20H2,1-4H3,(H,31,33);/b27-17-,30-18+;. The number of nitrogens with zero attached hydrogens (tertiary/aromatic N) is 3. The van der Waals surface area contributed by atoms with Gasteiger partial charge >= 0.3 is 0 Å². The van der Waals surface area contributed by atoms with Gasteiger partial charge in [-0.05, 0) is 62.6 Å². The second-order valence-electron chi connectivity index (χ2n) is 8.70. The monoisotopic (exact) mass is 512 g/mol. The average molecular weight is 513 g/mol. The van der Waals surface area contributed by atoms with Crippen LogP contribution in [0.2, 0.25) is 0 Å². The van der Waals surface area contributed by atoms with E-state index in [1.165, 1.54) is 22.4 Å². The van der Waals surface area contributed by atoms with Crippen LogP contribution in [0.3, 0.4) is 0 Å². The van der Waals surface area contributed by atoms with Crippen LogP contribution in [-0.2, 0) is 28.6 Å². The number of para-hydroxylation sites is 1. The summed E-state index contributed by atoms with van der Waals surface area (Å²) >= 11 is 0. The van der Waals surface area contributed by atoms with E-state index in [9.17, 15) is 5.11 Å². The van der Waals surface area contributed by atoms with Crippen molar-refractivity contribution in [2.75, 3.05) is 18.6 Å². The van der Waals surface area contributed by atoms with Gasteiger partial charge in [-0.25, -0.2) is 0 Å². The summed E-state index contributed by atoms with van der Waals surface area (Å²) in [4.78, 5) is 2.34. The summed E-state index contributed by atoms with van der Waals surface area (Å²) in [5.41, 5.74) is 6.52. The Balaban J connectivity index is 0.00000342. The second-order valence-corrected chi connectivity index (χ2v) is 8.70. The minimum absolute atomic E-state index is 0. The molecule has 1 atom stereocenters. The van der Waals surface area contributed by atoms with Gasteiger partial charge in [0.2, 0.25) is 5.90 Å². The van der Waals surface area contributed by atoms with Gasteiger partial charge in [-0.15, -0.1) is 5.10 Å². The Morgan fingerprint density at radius 1 is 1.06 bits per heavy atom. The third-order valence-electron chi connectivity index (χ3n) is 6.41. The molecule has 3 aromatic rings. The van der Waals surface area contributed by atoms with Crippen LogP contribution in [0.15, 0.2) is 94.8 Å². The number of methoxy groups -OCH3 is 1. The van der Waals surface area contributed by atoms with Crippen molar-refractivity contribution in [1.82, 2.24) is 0 Å². The molecule has 0 fully saturated rings. The summed E-state index contributed by atoms with van der Waals surface area (Å²) in [5, 5.41) is 18.6. The Morgan fingerprint density at radius 3 is 2.49 bits per heavy atom. The molecule has 1 N–H and O–H groups in total. The molecule has 1 heterocycles. The maximum Gasteiger partial charge on any atom is 0.242 e. The van der Waals surface area contributed by atoms with E-state index in [2.05, 4.69) is 78.3 Å². The SMILES string of the molecule is CCN1\C(=C/C=N/N=C(\O)c2ccccc2OC)C(C)(Cc2ccccc2)c2cc(C)ccc21.[Co]. The smallest absolute Gasteiger partial charge is 0.242 e. The van der Waals surface area contributed by atoms with E-state index in [0.717, 1.165) is 18.7 Å². The quantitative estimate of drug-likeness (QED) is 0.233. The van der Waals surface area contributed by atoms with Crippen LogP contribution < -0.4 is 9.64 Å². The molecule has 1 radical (unpaired) electrons. The summed E-state index contributed by atoms with van der Waals surface area (Å²) in [6, 6.07) is 24.4. The van der Waals surface area contributed by atoms with E-state index in [0.29, 0.717) is 11.3 Å². The van der Waals surface area contributed by atoms with E-state index in [4.69, 9.17) is 4.74 Å². The first kappa shape index (κ1) is 26.3. The molecule has 1 aliphatic rings. The van der Waals surface area contributed by atoms with E-state index in [1.807, 2.05) is 24.3 Å². The van der Waals surface area contributed by atoms with E-state index < -0.39 is 0 Å². The predicted octanol–water partition coefficient (Wildman–Crippen LogP) is 6.22. The summed E-state index contributed by atoms with van der Waals surface area (Å²) in [6.07, 6.45) is 4.54. The van der Waals surface area contributed by atoms with E-state index in [1.54, 1.807) is 25.5 Å². The van der Waals surface area contributed by atoms with Crippen molar-refractivity contribution in [3.05, 3.63) is 107 Å². The maximum absolute atomic E-state index is 10.4. The Labute approximate surface area is 218 Å². The first-order chi connectivity index (χ1) is 16.5. The van der Waals surface area contributed by atoms with Crippen LogP contribution in [0, 0.1) is 6.92 Å². The van der Waals surface area contributed by atoms with Crippen molar-refractivity contribution >= 4 is 17.8 Å². The molecule has 0 saturated carbocycles. The predicted molar refractivity (Wildman–Crippen MR) is 140 cm³/mol. The van der Waals surface area contributed by atoms with Crippen molar-refractivity contribution in [3.63, 3.8) is 0 Å². The Bertz CT molecular complexity index is 1250. The van der Waals surface area contributed by atoms with Crippen molar-refractivity contribution in [2.24, 2.45) is 10.2 Å². The molecule has 3 aromatic carbocycles. The molecular weight excluding hydrogens is 481 g/mol. The van der Waals surface area contributed by atoms with Gasteiger partial charge in [-0.1, -0.05) is 60.2 Å². The Kier molecular flexibility index (Phi) is 8.54. The molecule has 4 rings (SSSR count). The number of anilines is 1. The number of aliphatic hydroxyl groups excluding tert-OH is 1. The van der Waals surface area contributed by atoms with Crippen molar-refractivity contribution in [1.29, 1.82) is 0 Å². The fourth-order valence-corrected chi connectivity index (χ4v) is 4.77. The first-order valence-corrected chi connectivity index (χ1v) is 11.5. The van der Waals surface area contributed by atoms with Crippen molar-refractivity contribution in [3.8, 4) is 5.75 Å². The molecule has 1 aliphatic heterocycles. The zero-order valence-corrected chi connectivity index (χ0v) is 21.6. The largest absolute Gasteiger partial charge is 0.496 e. The number of aliphatic hydroxyl groups is 1. The van der Waals surface area contributed by atoms with Gasteiger partial charge in [-0.3, -0.25) is 0 Å². The Morgan fingerprint density at radius 2 is 1.77 bits per heavy atom. The van der Waals surface area contributed by atoms with Gasteiger partial charge in [0.25, 0.3) is 0 Å². The van der Waals surface area contributed by atoms with Gasteiger partial charge in [0, 0.05) is 40.1 Å². The molecule has 0 amide bonds. The first-order valence-electron chi connectivity index (χ1n) is 11.5. The number of aryl methyl sites for hydroxylation is 1. The molecule has 1 unspecified atom stereocenters. The van der Waals surface area contributed by atoms with Gasteiger partial charge in [0.15, 0.2) is 0 Å². The van der Waals surface area contributed by atoms with Crippen LogP contribution in [0.5, 0.6) is 5.75 Å². The van der Waals surface area contributed by atoms with E-state index >= 15 is 0 Å². The molecule has 0 aliphatic carbocycles. The number of hydrogen-bond acceptors (Lipinski definition) is 4. The number of rotatable bonds is 7. The fraction of sp³-hybridized carbons (Fsp3) is 0.241. The molecule has 0 saturated heterocycles. The molecule has 0 spiro atoms. The fourth-order valence-electron chi connectivity index (χ4n) is 4.77. The molecule has 0 aromatic heterocycles. The number of fused-ring (bicyclic) bond motifs is 1. The minimum Gasteiger partial charge on any atom is -0.496 e. The number of ether oxygens (including phenoxy) is 1. The van der Waals surface area contributed by atoms with Crippen LogP contribution in [0.4, 0.5) is 5.69 Å². The van der Waals surface area contributed by atoms with Gasteiger partial charge < -0.3 is 14.7 Å². The number of likely N-dealkylation sites (N-methyl/N-ethyl adjacent to an activating group) is 1. The number of hydrogen-bond donors (Lipinski definition) is 1. The van der Waals surface area contributed by atoms with Crippen LogP contribution in [0.25, 0.3) is 0 Å².